The van der Waals surface area contributed by atoms with Crippen molar-refractivity contribution in [1.29, 1.82) is 0 Å². The Morgan fingerprint density at radius 3 is 2.18 bits per heavy atom. The Morgan fingerprint density at radius 2 is 1.43 bits per heavy atom. The Morgan fingerprint density at radius 1 is 0.786 bits per heavy atom. The maximum Gasteiger partial charge on any atom is 0.274 e. The first-order chi connectivity index (χ1) is 13.7. The van der Waals surface area contributed by atoms with Crippen LogP contribution in [0.2, 0.25) is 0 Å². The molecule has 28 heavy (non-hydrogen) atoms. The van der Waals surface area contributed by atoms with Gasteiger partial charge in [-0.05, 0) is 24.3 Å². The van der Waals surface area contributed by atoms with Crippen molar-refractivity contribution in [3.8, 4) is 23.0 Å². The number of aromatic nitrogens is 2. The highest BCUT2D eigenvalue weighted by Crippen LogP contribution is 2.35. The molecule has 140 valence electrons. The van der Waals surface area contributed by atoms with Gasteiger partial charge in [-0.2, -0.15) is 0 Å². The molecule has 0 saturated heterocycles. The highest BCUT2D eigenvalue weighted by atomic mass is 16.7. The van der Waals surface area contributed by atoms with E-state index in [9.17, 15) is 4.79 Å². The van der Waals surface area contributed by atoms with Gasteiger partial charge in [-0.1, -0.05) is 0 Å². The van der Waals surface area contributed by atoms with Gasteiger partial charge in [0.05, 0.1) is 0 Å². The van der Waals surface area contributed by atoms with E-state index in [2.05, 4.69) is 20.6 Å². The lowest BCUT2D eigenvalue weighted by Crippen LogP contribution is -2.14. The Kier molecular flexibility index (Phi) is 3.82. The first kappa shape index (κ1) is 16.2. The van der Waals surface area contributed by atoms with Crippen molar-refractivity contribution in [1.82, 2.24) is 9.97 Å². The van der Waals surface area contributed by atoms with Gasteiger partial charge in [0.2, 0.25) is 13.6 Å². The van der Waals surface area contributed by atoms with Gasteiger partial charge in [-0.15, -0.1) is 0 Å². The predicted molar refractivity (Wildman–Crippen MR) is 98.4 cm³/mol. The van der Waals surface area contributed by atoms with Crippen molar-refractivity contribution in [2.24, 2.45) is 0 Å². The number of hydrogen-bond acceptors (Lipinski definition) is 8. The van der Waals surface area contributed by atoms with Gasteiger partial charge < -0.3 is 29.6 Å². The van der Waals surface area contributed by atoms with E-state index in [-0.39, 0.29) is 25.2 Å². The van der Waals surface area contributed by atoms with Crippen LogP contribution >= 0.6 is 0 Å². The van der Waals surface area contributed by atoms with Gasteiger partial charge in [0, 0.05) is 29.6 Å². The predicted octanol–water partition coefficient (Wildman–Crippen LogP) is 2.93. The highest BCUT2D eigenvalue weighted by Gasteiger charge is 2.16. The molecule has 0 saturated carbocycles. The van der Waals surface area contributed by atoms with E-state index in [1.54, 1.807) is 36.4 Å². The minimum Gasteiger partial charge on any atom is -0.454 e. The number of carbonyl (C=O) groups excluding carboxylic acids is 1. The number of carbonyl (C=O) groups is 1. The number of nitrogens with zero attached hydrogens (tertiary/aromatic N) is 2. The van der Waals surface area contributed by atoms with Crippen molar-refractivity contribution >= 4 is 23.1 Å². The highest BCUT2D eigenvalue weighted by molar-refractivity contribution is 6.03. The number of ether oxygens (including phenoxy) is 4. The fourth-order valence-corrected chi connectivity index (χ4v) is 2.84. The molecule has 0 aliphatic carbocycles. The van der Waals surface area contributed by atoms with E-state index < -0.39 is 0 Å². The molecule has 0 spiro atoms. The van der Waals surface area contributed by atoms with Crippen LogP contribution in [0.25, 0.3) is 0 Å². The molecule has 1 aromatic heterocycles. The van der Waals surface area contributed by atoms with Gasteiger partial charge >= 0.3 is 0 Å². The molecule has 9 nitrogen and oxygen atoms in total. The van der Waals surface area contributed by atoms with Gasteiger partial charge in [-0.3, -0.25) is 4.79 Å². The minimum absolute atomic E-state index is 0.174. The number of anilines is 3. The molecule has 0 unspecified atom stereocenters. The lowest BCUT2D eigenvalue weighted by atomic mass is 10.2. The van der Waals surface area contributed by atoms with Crippen LogP contribution in [0.4, 0.5) is 17.2 Å². The van der Waals surface area contributed by atoms with E-state index in [0.29, 0.717) is 34.5 Å². The van der Waals surface area contributed by atoms with Crippen LogP contribution in [0.15, 0.2) is 48.8 Å². The number of hydrogen-bond donors (Lipinski definition) is 2. The smallest absolute Gasteiger partial charge is 0.274 e. The molecule has 9 heteroatoms. The van der Waals surface area contributed by atoms with E-state index in [1.165, 1.54) is 6.33 Å². The number of rotatable bonds is 4. The topological polar surface area (TPSA) is 104 Å². The van der Waals surface area contributed by atoms with Crippen LogP contribution in [0.3, 0.4) is 0 Å². The van der Waals surface area contributed by atoms with E-state index >= 15 is 0 Å². The first-order valence-electron chi connectivity index (χ1n) is 8.44. The van der Waals surface area contributed by atoms with Crippen LogP contribution < -0.4 is 29.6 Å². The molecule has 3 aromatic rings. The van der Waals surface area contributed by atoms with Gasteiger partial charge in [0.25, 0.3) is 5.91 Å². The summed E-state index contributed by atoms with van der Waals surface area (Å²) in [6.45, 7) is 0.379. The number of fused-ring (bicyclic) bond motifs is 2. The third-order valence-corrected chi connectivity index (χ3v) is 4.18. The fraction of sp³-hybridized carbons (Fsp3) is 0.105. The van der Waals surface area contributed by atoms with Crippen molar-refractivity contribution in [2.45, 2.75) is 0 Å². The molecule has 0 atom stereocenters. The Labute approximate surface area is 159 Å². The van der Waals surface area contributed by atoms with Crippen molar-refractivity contribution in [2.75, 3.05) is 24.2 Å². The second kappa shape index (κ2) is 6.62. The molecule has 2 aliphatic rings. The molecular formula is C19H14N4O5. The summed E-state index contributed by atoms with van der Waals surface area (Å²) >= 11 is 0. The maximum atomic E-state index is 12.5. The van der Waals surface area contributed by atoms with Gasteiger partial charge in [-0.25, -0.2) is 9.97 Å². The summed E-state index contributed by atoms with van der Waals surface area (Å²) in [7, 11) is 0. The summed E-state index contributed by atoms with van der Waals surface area (Å²) in [5, 5.41) is 5.91. The van der Waals surface area contributed by atoms with Crippen LogP contribution in [-0.2, 0) is 0 Å². The van der Waals surface area contributed by atoms with E-state index in [0.717, 1.165) is 5.69 Å². The SMILES string of the molecule is O=C(Nc1ccc2c(c1)OCO2)c1cc(Nc2ccc3c(c2)OCO3)ncn1. The summed E-state index contributed by atoms with van der Waals surface area (Å²) in [5.74, 6) is 2.69. The third-order valence-electron chi connectivity index (χ3n) is 4.18. The quantitative estimate of drug-likeness (QED) is 0.714. The van der Waals surface area contributed by atoms with Crippen molar-refractivity contribution in [3.63, 3.8) is 0 Å². The molecule has 2 aliphatic heterocycles. The second-order valence-electron chi connectivity index (χ2n) is 6.00. The van der Waals surface area contributed by atoms with Crippen LogP contribution in [0.1, 0.15) is 10.5 Å². The Balaban J connectivity index is 1.31. The van der Waals surface area contributed by atoms with Crippen LogP contribution in [0, 0.1) is 0 Å². The molecular weight excluding hydrogens is 364 g/mol. The normalized spacial score (nSPS) is 13.3. The number of nitrogens with one attached hydrogen (secondary N) is 2. The Bertz CT molecular complexity index is 1070. The molecule has 0 radical (unpaired) electrons. The molecule has 2 aromatic carbocycles. The lowest BCUT2D eigenvalue weighted by Gasteiger charge is -2.09. The van der Waals surface area contributed by atoms with Crippen LogP contribution in [0.5, 0.6) is 23.0 Å². The molecule has 3 heterocycles. The summed E-state index contributed by atoms with van der Waals surface area (Å²) in [4.78, 5) is 20.7. The summed E-state index contributed by atoms with van der Waals surface area (Å²) in [6, 6.07) is 12.2. The standard InChI is InChI=1S/C19H14N4O5/c24-19(23-12-2-4-15-17(6-12)28-10-26-15)13-7-18(21-8-20-13)22-11-1-3-14-16(5-11)27-9-25-14/h1-8H,9-10H2,(H,23,24)(H,20,21,22). The third kappa shape index (κ3) is 3.09. The second-order valence-corrected chi connectivity index (χ2v) is 6.00. The zero-order valence-corrected chi connectivity index (χ0v) is 14.5. The number of benzene rings is 2. The fourth-order valence-electron chi connectivity index (χ4n) is 2.84. The zero-order valence-electron chi connectivity index (χ0n) is 14.5. The Hall–Kier alpha value is -4.01. The zero-order chi connectivity index (χ0) is 18.9. The average Bonchev–Trinajstić information content (AvgIpc) is 3.36. The molecule has 0 bridgehead atoms. The minimum atomic E-state index is -0.366. The monoisotopic (exact) mass is 378 g/mol. The molecule has 0 fully saturated rings. The maximum absolute atomic E-state index is 12.5. The van der Waals surface area contributed by atoms with Crippen molar-refractivity contribution in [3.05, 3.63) is 54.5 Å². The molecule has 1 amide bonds. The summed E-state index contributed by atoms with van der Waals surface area (Å²) in [6.07, 6.45) is 1.32. The summed E-state index contributed by atoms with van der Waals surface area (Å²) < 4.78 is 21.2. The van der Waals surface area contributed by atoms with E-state index in [4.69, 9.17) is 18.9 Å². The molecule has 5 rings (SSSR count). The largest absolute Gasteiger partial charge is 0.454 e. The van der Waals surface area contributed by atoms with Gasteiger partial charge in [0.1, 0.15) is 17.8 Å². The van der Waals surface area contributed by atoms with Crippen molar-refractivity contribution < 1.29 is 23.7 Å². The lowest BCUT2D eigenvalue weighted by molar-refractivity contribution is 0.102. The van der Waals surface area contributed by atoms with Crippen LogP contribution in [-0.4, -0.2) is 29.5 Å². The summed E-state index contributed by atoms with van der Waals surface area (Å²) in [5.41, 5.74) is 1.55. The first-order valence-corrected chi connectivity index (χ1v) is 8.44. The molecule has 2 N–H and O–H groups in total. The number of amides is 1. The van der Waals surface area contributed by atoms with E-state index in [1.807, 2.05) is 6.07 Å². The van der Waals surface area contributed by atoms with Gasteiger partial charge in [0.15, 0.2) is 23.0 Å². The average molecular weight is 378 g/mol.